The quantitative estimate of drug-likeness (QED) is 0.626. The van der Waals surface area contributed by atoms with Gasteiger partial charge in [-0.25, -0.2) is 0 Å². The molecule has 1 aliphatic rings. The molecule has 0 atom stereocenters. The van der Waals surface area contributed by atoms with Crippen LogP contribution in [0, 0.1) is 10.1 Å². The van der Waals surface area contributed by atoms with Crippen molar-refractivity contribution in [3.05, 3.63) is 32.8 Å². The number of halogens is 1. The molecular formula is C12H14BrN3O4. The van der Waals surface area contributed by atoms with Crippen molar-refractivity contribution in [3.63, 3.8) is 0 Å². The van der Waals surface area contributed by atoms with E-state index in [2.05, 4.69) is 26.6 Å². The number of carbonyl (C=O) groups is 1. The van der Waals surface area contributed by atoms with E-state index in [1.807, 2.05) is 6.92 Å². The number of nitro groups is 1. The number of nitro benzene ring substituents is 1. The molecule has 0 radical (unpaired) electrons. The maximum absolute atomic E-state index is 11.8. The summed E-state index contributed by atoms with van der Waals surface area (Å²) in [6.07, 6.45) is 0. The molecule has 108 valence electrons. The Balaban J connectivity index is 1.96. The number of benzene rings is 1. The highest BCUT2D eigenvalue weighted by atomic mass is 79.9. The molecule has 1 aliphatic heterocycles. The summed E-state index contributed by atoms with van der Waals surface area (Å²) < 4.78 is 6.07. The minimum Gasteiger partial charge on any atom is -0.363 e. The smallest absolute Gasteiger partial charge is 0.271 e. The molecule has 2 rings (SSSR count). The Morgan fingerprint density at radius 2 is 2.30 bits per heavy atom. The molecule has 8 heteroatoms. The first-order chi connectivity index (χ1) is 9.39. The summed E-state index contributed by atoms with van der Waals surface area (Å²) in [5, 5.41) is 16.4. The van der Waals surface area contributed by atoms with Crippen LogP contribution in [-0.2, 0) is 9.53 Å². The lowest BCUT2D eigenvalue weighted by Gasteiger charge is -2.38. The Kier molecular flexibility index (Phi) is 4.36. The molecule has 0 aromatic heterocycles. The van der Waals surface area contributed by atoms with Crippen molar-refractivity contribution in [2.45, 2.75) is 12.5 Å². The third-order valence-electron chi connectivity index (χ3n) is 2.98. The topological polar surface area (TPSA) is 93.5 Å². The van der Waals surface area contributed by atoms with Crippen LogP contribution in [0.2, 0.25) is 0 Å². The van der Waals surface area contributed by atoms with E-state index in [-0.39, 0.29) is 23.8 Å². The molecular weight excluding hydrogens is 330 g/mol. The molecule has 0 spiro atoms. The lowest BCUT2D eigenvalue weighted by atomic mass is 10.0. The molecule has 1 fully saturated rings. The van der Waals surface area contributed by atoms with Crippen molar-refractivity contribution >= 4 is 33.2 Å². The summed E-state index contributed by atoms with van der Waals surface area (Å²) in [5.41, 5.74) is -0.0404. The highest BCUT2D eigenvalue weighted by Gasteiger charge is 2.33. The van der Waals surface area contributed by atoms with Gasteiger partial charge in [-0.15, -0.1) is 0 Å². The molecule has 20 heavy (non-hydrogen) atoms. The van der Waals surface area contributed by atoms with E-state index in [9.17, 15) is 14.9 Å². The number of non-ortho nitro benzene ring substituents is 1. The van der Waals surface area contributed by atoms with Gasteiger partial charge in [-0.3, -0.25) is 14.9 Å². The zero-order chi connectivity index (χ0) is 14.8. The summed E-state index contributed by atoms with van der Waals surface area (Å²) in [6.45, 7) is 3.24. The van der Waals surface area contributed by atoms with Gasteiger partial charge in [0.25, 0.3) is 5.69 Å². The third-order valence-corrected chi connectivity index (χ3v) is 3.68. The standard InChI is InChI=1S/C12H14BrN3O4/c1-12(6-14-7-12)20-5-11(17)15-10-4-8(16(18)19)2-3-9(10)13/h2-4,14H,5-7H2,1H3,(H,15,17). The van der Waals surface area contributed by atoms with Crippen LogP contribution < -0.4 is 10.6 Å². The van der Waals surface area contributed by atoms with Crippen molar-refractivity contribution in [2.24, 2.45) is 0 Å². The number of anilines is 1. The largest absolute Gasteiger partial charge is 0.363 e. The second-order valence-electron chi connectivity index (χ2n) is 4.81. The molecule has 1 aromatic rings. The summed E-state index contributed by atoms with van der Waals surface area (Å²) >= 11 is 3.24. The monoisotopic (exact) mass is 343 g/mol. The average Bonchev–Trinajstić information content (AvgIpc) is 2.36. The molecule has 7 nitrogen and oxygen atoms in total. The van der Waals surface area contributed by atoms with E-state index in [1.54, 1.807) is 0 Å². The number of hydrogen-bond acceptors (Lipinski definition) is 5. The van der Waals surface area contributed by atoms with Gasteiger partial charge in [-0.2, -0.15) is 0 Å². The first-order valence-electron chi connectivity index (χ1n) is 5.98. The van der Waals surface area contributed by atoms with E-state index in [1.165, 1.54) is 18.2 Å². The number of hydrogen-bond donors (Lipinski definition) is 2. The number of nitrogens with one attached hydrogen (secondary N) is 2. The molecule has 0 aliphatic carbocycles. The molecule has 1 aromatic carbocycles. The van der Waals surface area contributed by atoms with Crippen LogP contribution in [0.3, 0.4) is 0 Å². The van der Waals surface area contributed by atoms with Crippen molar-refractivity contribution in [1.29, 1.82) is 0 Å². The van der Waals surface area contributed by atoms with Crippen molar-refractivity contribution in [3.8, 4) is 0 Å². The third kappa shape index (κ3) is 3.53. The van der Waals surface area contributed by atoms with Gasteiger partial charge in [0.15, 0.2) is 0 Å². The predicted octanol–water partition coefficient (Wildman–Crippen LogP) is 1.67. The molecule has 2 N–H and O–H groups in total. The SMILES string of the molecule is CC1(OCC(=O)Nc2cc([N+](=O)[O-])ccc2Br)CNC1. The lowest BCUT2D eigenvalue weighted by molar-refractivity contribution is -0.384. The Morgan fingerprint density at radius 1 is 1.60 bits per heavy atom. The summed E-state index contributed by atoms with van der Waals surface area (Å²) in [4.78, 5) is 22.0. The molecule has 1 amide bonds. The highest BCUT2D eigenvalue weighted by molar-refractivity contribution is 9.10. The average molecular weight is 344 g/mol. The van der Waals surface area contributed by atoms with Gasteiger partial charge in [0.2, 0.25) is 5.91 Å². The summed E-state index contributed by atoms with van der Waals surface area (Å²) in [6, 6.07) is 4.18. The fourth-order valence-corrected chi connectivity index (χ4v) is 2.07. The molecule has 0 unspecified atom stereocenters. The Bertz CT molecular complexity index is 546. The number of rotatable bonds is 5. The van der Waals surface area contributed by atoms with Crippen LogP contribution in [0.5, 0.6) is 0 Å². The number of ether oxygens (including phenoxy) is 1. The van der Waals surface area contributed by atoms with Crippen molar-refractivity contribution in [1.82, 2.24) is 5.32 Å². The van der Waals surface area contributed by atoms with Gasteiger partial charge in [-0.1, -0.05) is 0 Å². The van der Waals surface area contributed by atoms with Crippen LogP contribution >= 0.6 is 15.9 Å². The van der Waals surface area contributed by atoms with Gasteiger partial charge in [0.1, 0.15) is 6.61 Å². The lowest BCUT2D eigenvalue weighted by Crippen LogP contribution is -2.59. The number of carbonyl (C=O) groups excluding carboxylic acids is 1. The summed E-state index contributed by atoms with van der Waals surface area (Å²) in [5.74, 6) is -0.348. The minimum atomic E-state index is -0.514. The maximum Gasteiger partial charge on any atom is 0.271 e. The van der Waals surface area contributed by atoms with E-state index in [0.29, 0.717) is 23.2 Å². The van der Waals surface area contributed by atoms with Gasteiger partial charge < -0.3 is 15.4 Å². The fourth-order valence-electron chi connectivity index (χ4n) is 1.73. The Hall–Kier alpha value is -1.51. The zero-order valence-corrected chi connectivity index (χ0v) is 12.4. The van der Waals surface area contributed by atoms with E-state index >= 15 is 0 Å². The van der Waals surface area contributed by atoms with E-state index in [4.69, 9.17) is 4.74 Å². The molecule has 0 saturated carbocycles. The second-order valence-corrected chi connectivity index (χ2v) is 5.67. The van der Waals surface area contributed by atoms with Crippen molar-refractivity contribution in [2.75, 3.05) is 25.0 Å². The van der Waals surface area contributed by atoms with E-state index in [0.717, 1.165) is 0 Å². The fraction of sp³-hybridized carbons (Fsp3) is 0.417. The number of nitrogens with zero attached hydrogens (tertiary/aromatic N) is 1. The highest BCUT2D eigenvalue weighted by Crippen LogP contribution is 2.27. The zero-order valence-electron chi connectivity index (χ0n) is 10.8. The second kappa shape index (κ2) is 5.86. The van der Waals surface area contributed by atoms with Gasteiger partial charge in [-0.05, 0) is 28.9 Å². The van der Waals surface area contributed by atoms with Crippen LogP contribution in [0.15, 0.2) is 22.7 Å². The minimum absolute atomic E-state index is 0.0837. The number of amides is 1. The Morgan fingerprint density at radius 3 is 2.85 bits per heavy atom. The molecule has 1 saturated heterocycles. The van der Waals surface area contributed by atoms with Gasteiger partial charge in [0.05, 0.1) is 16.2 Å². The van der Waals surface area contributed by atoms with Crippen LogP contribution in [0.4, 0.5) is 11.4 Å². The first-order valence-corrected chi connectivity index (χ1v) is 6.77. The van der Waals surface area contributed by atoms with E-state index < -0.39 is 4.92 Å². The maximum atomic E-state index is 11.8. The molecule has 0 bridgehead atoms. The Labute approximate surface area is 124 Å². The van der Waals surface area contributed by atoms with Crippen LogP contribution in [0.25, 0.3) is 0 Å². The van der Waals surface area contributed by atoms with Crippen molar-refractivity contribution < 1.29 is 14.5 Å². The van der Waals surface area contributed by atoms with Gasteiger partial charge >= 0.3 is 0 Å². The van der Waals surface area contributed by atoms with Crippen LogP contribution in [0.1, 0.15) is 6.92 Å². The van der Waals surface area contributed by atoms with Gasteiger partial charge in [0, 0.05) is 29.7 Å². The van der Waals surface area contributed by atoms with Crippen LogP contribution in [-0.4, -0.2) is 36.1 Å². The predicted molar refractivity (Wildman–Crippen MR) is 76.7 cm³/mol. The first kappa shape index (κ1) is 14.9. The molecule has 1 heterocycles. The normalized spacial score (nSPS) is 16.3. The summed E-state index contributed by atoms with van der Waals surface area (Å²) in [7, 11) is 0.